The minimum Gasteiger partial charge on any atom is -0.467 e. The van der Waals surface area contributed by atoms with Crippen LogP contribution in [0.15, 0.2) is 0 Å². The van der Waals surface area contributed by atoms with E-state index in [1.165, 1.54) is 77.0 Å². The first kappa shape index (κ1) is 45.6. The molecule has 0 heterocycles. The molecule has 4 aliphatic rings. The maximum atomic E-state index is 10.4. The third-order valence-electron chi connectivity index (χ3n) is 11.9. The van der Waals surface area contributed by atoms with Crippen LogP contribution in [-0.2, 0) is 38.2 Å². The van der Waals surface area contributed by atoms with Gasteiger partial charge in [-0.2, -0.15) is 0 Å². The Morgan fingerprint density at radius 1 is 0.380 bits per heavy atom. The summed E-state index contributed by atoms with van der Waals surface area (Å²) in [5.74, 6) is 0. The Labute approximate surface area is 301 Å². The van der Waals surface area contributed by atoms with Crippen LogP contribution < -0.4 is 0 Å². The Hall–Kier alpha value is -2.46. The minimum atomic E-state index is -0.125. The summed E-state index contributed by atoms with van der Waals surface area (Å²) in [5.41, 5.74) is 0.241. The molecular weight excluding hydrogens is 640 g/mol. The quantitative estimate of drug-likeness (QED) is 0.139. The van der Waals surface area contributed by atoms with Crippen LogP contribution in [0, 0.1) is 21.7 Å². The van der Waals surface area contributed by atoms with Crippen LogP contribution in [0.4, 0.5) is 0 Å². The van der Waals surface area contributed by atoms with Gasteiger partial charge >= 0.3 is 0 Å². The van der Waals surface area contributed by atoms with Crippen molar-refractivity contribution >= 4 is 38.1 Å². The standard InChI is InChI=1S/C10H16O4.C10H20O2.2C10H16O2/c11-8-13-6-10(7-14-9-12)4-2-1-3-5-10;3*11-8-6-10(7-9-12)4-2-1-3-5-10/h8-9H,1-7H2;11-12H,1-9H2;2*8-9H,1-7H2. The average Bonchev–Trinajstić information content (AvgIpc) is 3.13. The maximum absolute atomic E-state index is 10.4. The fourth-order valence-corrected chi connectivity index (χ4v) is 8.75. The third-order valence-corrected chi connectivity index (χ3v) is 11.9. The number of carbonyl (C=O) groups is 6. The molecule has 0 bridgehead atoms. The molecule has 0 aliphatic heterocycles. The molecule has 4 fully saturated rings. The predicted molar refractivity (Wildman–Crippen MR) is 192 cm³/mol. The second-order valence-corrected chi connectivity index (χ2v) is 15.5. The maximum Gasteiger partial charge on any atom is 0.293 e. The summed E-state index contributed by atoms with van der Waals surface area (Å²) < 4.78 is 9.59. The van der Waals surface area contributed by atoms with Gasteiger partial charge in [0.1, 0.15) is 25.1 Å². The number of carbonyl (C=O) groups excluding carboxylic acids is 6. The van der Waals surface area contributed by atoms with Crippen LogP contribution in [0.5, 0.6) is 0 Å². The Bertz CT molecular complexity index is 820. The van der Waals surface area contributed by atoms with E-state index in [-0.39, 0.29) is 34.9 Å². The van der Waals surface area contributed by atoms with Gasteiger partial charge in [0.25, 0.3) is 12.9 Å². The fourth-order valence-electron chi connectivity index (χ4n) is 8.75. The zero-order chi connectivity index (χ0) is 36.9. The van der Waals surface area contributed by atoms with Crippen LogP contribution in [0.1, 0.15) is 167 Å². The van der Waals surface area contributed by atoms with Crippen molar-refractivity contribution in [1.29, 1.82) is 0 Å². The summed E-state index contributed by atoms with van der Waals surface area (Å²) in [6, 6.07) is 0. The number of ether oxygens (including phenoxy) is 2. The number of aliphatic hydroxyl groups excluding tert-OH is 2. The molecule has 10 heteroatoms. The molecule has 10 nitrogen and oxygen atoms in total. The molecule has 4 rings (SSSR count). The van der Waals surface area contributed by atoms with Crippen molar-refractivity contribution < 1.29 is 48.5 Å². The predicted octanol–water partition coefficient (Wildman–Crippen LogP) is 7.21. The average molecular weight is 709 g/mol. The monoisotopic (exact) mass is 708 g/mol. The highest BCUT2D eigenvalue weighted by Gasteiger charge is 2.34. The van der Waals surface area contributed by atoms with E-state index in [1.807, 2.05) is 0 Å². The molecule has 4 aliphatic carbocycles. The molecule has 50 heavy (non-hydrogen) atoms. The molecule has 0 saturated heterocycles. The lowest BCUT2D eigenvalue weighted by Crippen LogP contribution is -2.34. The van der Waals surface area contributed by atoms with E-state index >= 15 is 0 Å². The zero-order valence-electron chi connectivity index (χ0n) is 30.8. The number of aldehydes is 4. The molecule has 0 spiro atoms. The number of rotatable bonds is 18. The van der Waals surface area contributed by atoms with E-state index in [0.29, 0.717) is 51.8 Å². The minimum absolute atomic E-state index is 0.0434. The van der Waals surface area contributed by atoms with E-state index in [0.717, 1.165) is 89.4 Å². The van der Waals surface area contributed by atoms with Crippen molar-refractivity contribution in [2.24, 2.45) is 21.7 Å². The van der Waals surface area contributed by atoms with Gasteiger partial charge in [0, 0.05) is 44.3 Å². The van der Waals surface area contributed by atoms with Gasteiger partial charge in [-0.3, -0.25) is 9.59 Å². The van der Waals surface area contributed by atoms with Gasteiger partial charge in [0.2, 0.25) is 0 Å². The fraction of sp³-hybridized carbons (Fsp3) is 0.850. The Morgan fingerprint density at radius 3 is 0.880 bits per heavy atom. The van der Waals surface area contributed by atoms with Gasteiger partial charge in [-0.15, -0.1) is 0 Å². The van der Waals surface area contributed by atoms with Gasteiger partial charge in [-0.1, -0.05) is 77.0 Å². The van der Waals surface area contributed by atoms with Gasteiger partial charge in [0.15, 0.2) is 0 Å². The normalized spacial score (nSPS) is 21.3. The molecule has 4 saturated carbocycles. The largest absolute Gasteiger partial charge is 0.467 e. The number of aliphatic hydroxyl groups is 2. The molecule has 0 radical (unpaired) electrons. The second-order valence-electron chi connectivity index (χ2n) is 15.5. The van der Waals surface area contributed by atoms with Crippen LogP contribution in [0.25, 0.3) is 0 Å². The highest BCUT2D eigenvalue weighted by Crippen LogP contribution is 2.43. The molecule has 0 aromatic carbocycles. The summed E-state index contributed by atoms with van der Waals surface area (Å²) in [6.45, 7) is 2.20. The van der Waals surface area contributed by atoms with Gasteiger partial charge in [0.05, 0.1) is 13.2 Å². The van der Waals surface area contributed by atoms with Crippen molar-refractivity contribution in [3.63, 3.8) is 0 Å². The molecular formula is C40H68O10. The van der Waals surface area contributed by atoms with Gasteiger partial charge in [-0.25, -0.2) is 0 Å². The Balaban J connectivity index is 0.000000334. The zero-order valence-corrected chi connectivity index (χ0v) is 30.8. The SMILES string of the molecule is O=CCC1(CC=O)CCCCC1.O=CCC1(CC=O)CCCCC1.O=COCC1(COC=O)CCCCC1.OCCC1(CCO)CCCCC1. The van der Waals surface area contributed by atoms with Crippen molar-refractivity contribution in [2.45, 2.75) is 167 Å². The van der Waals surface area contributed by atoms with E-state index < -0.39 is 0 Å². The Morgan fingerprint density at radius 2 is 0.640 bits per heavy atom. The number of hydrogen-bond donors (Lipinski definition) is 2. The van der Waals surface area contributed by atoms with Crippen molar-refractivity contribution in [2.75, 3.05) is 26.4 Å². The number of hydrogen-bond acceptors (Lipinski definition) is 10. The summed E-state index contributed by atoms with van der Waals surface area (Å²) in [6.07, 6.45) is 31.1. The van der Waals surface area contributed by atoms with Gasteiger partial charge in [-0.05, 0) is 80.5 Å². The van der Waals surface area contributed by atoms with E-state index in [1.54, 1.807) is 0 Å². The van der Waals surface area contributed by atoms with Gasteiger partial charge < -0.3 is 38.9 Å². The topological polar surface area (TPSA) is 161 Å². The first-order valence-electron chi connectivity index (χ1n) is 19.4. The van der Waals surface area contributed by atoms with Crippen molar-refractivity contribution in [3.05, 3.63) is 0 Å². The third kappa shape index (κ3) is 17.7. The van der Waals surface area contributed by atoms with Crippen LogP contribution in [0.2, 0.25) is 0 Å². The molecule has 2 N–H and O–H groups in total. The molecule has 0 aromatic rings. The summed E-state index contributed by atoms with van der Waals surface area (Å²) in [4.78, 5) is 62.0. The van der Waals surface area contributed by atoms with Crippen LogP contribution in [0.3, 0.4) is 0 Å². The van der Waals surface area contributed by atoms with Crippen molar-refractivity contribution in [3.8, 4) is 0 Å². The lowest BCUT2D eigenvalue weighted by Gasteiger charge is -2.36. The van der Waals surface area contributed by atoms with E-state index in [4.69, 9.17) is 19.7 Å². The Kier molecular flexibility index (Phi) is 24.8. The molecule has 0 atom stereocenters. The molecule has 288 valence electrons. The first-order valence-corrected chi connectivity index (χ1v) is 19.4. The molecule has 0 aromatic heterocycles. The first-order chi connectivity index (χ1) is 24.3. The highest BCUT2D eigenvalue weighted by atomic mass is 16.5. The van der Waals surface area contributed by atoms with Crippen LogP contribution in [-0.4, -0.2) is 74.7 Å². The lowest BCUT2D eigenvalue weighted by molar-refractivity contribution is -0.140. The highest BCUT2D eigenvalue weighted by molar-refractivity contribution is 5.56. The van der Waals surface area contributed by atoms with E-state index in [9.17, 15) is 28.8 Å². The molecule has 0 amide bonds. The van der Waals surface area contributed by atoms with E-state index in [2.05, 4.69) is 0 Å². The molecule has 0 unspecified atom stereocenters. The smallest absolute Gasteiger partial charge is 0.293 e. The van der Waals surface area contributed by atoms with Crippen LogP contribution >= 0.6 is 0 Å². The summed E-state index contributed by atoms with van der Waals surface area (Å²) in [5, 5.41) is 17.9. The second kappa shape index (κ2) is 27.2. The summed E-state index contributed by atoms with van der Waals surface area (Å²) >= 11 is 0. The lowest BCUT2D eigenvalue weighted by atomic mass is 9.70. The summed E-state index contributed by atoms with van der Waals surface area (Å²) in [7, 11) is 0. The van der Waals surface area contributed by atoms with Crippen molar-refractivity contribution in [1.82, 2.24) is 0 Å².